The Kier molecular flexibility index (Phi) is 5.51. The van der Waals surface area contributed by atoms with Crippen LogP contribution in [0.25, 0.3) is 11.0 Å². The van der Waals surface area contributed by atoms with E-state index in [4.69, 9.17) is 9.47 Å². The molecule has 0 spiro atoms. The number of benzene rings is 2. The van der Waals surface area contributed by atoms with Crippen LogP contribution in [0.4, 0.5) is 0 Å². The minimum atomic E-state index is 0.0190. The van der Waals surface area contributed by atoms with E-state index < -0.39 is 0 Å². The zero-order valence-corrected chi connectivity index (χ0v) is 16.6. The third-order valence-electron chi connectivity index (χ3n) is 5.34. The Morgan fingerprint density at radius 1 is 1.28 bits per heavy atom. The van der Waals surface area contributed by atoms with Gasteiger partial charge in [0.25, 0.3) is 5.91 Å². The van der Waals surface area contributed by atoms with Crippen LogP contribution in [-0.4, -0.2) is 46.7 Å². The fourth-order valence-electron chi connectivity index (χ4n) is 3.91. The van der Waals surface area contributed by atoms with Crippen molar-refractivity contribution in [1.82, 2.24) is 14.5 Å². The number of para-hydroxylation sites is 2. The van der Waals surface area contributed by atoms with Gasteiger partial charge < -0.3 is 18.9 Å². The van der Waals surface area contributed by atoms with Crippen LogP contribution < -0.4 is 9.47 Å². The maximum atomic E-state index is 13.2. The molecule has 0 radical (unpaired) electrons. The molecule has 0 saturated carbocycles. The van der Waals surface area contributed by atoms with Crippen LogP contribution in [0.3, 0.4) is 0 Å². The summed E-state index contributed by atoms with van der Waals surface area (Å²) >= 11 is 0. The van der Waals surface area contributed by atoms with Gasteiger partial charge in [0.15, 0.2) is 11.5 Å². The fourth-order valence-corrected chi connectivity index (χ4v) is 3.91. The summed E-state index contributed by atoms with van der Waals surface area (Å²) in [5.74, 6) is 1.17. The number of aromatic nitrogens is 2. The minimum absolute atomic E-state index is 0.0190. The molecular weight excluding hydrogens is 366 g/mol. The topological polar surface area (TPSA) is 56.6 Å². The van der Waals surface area contributed by atoms with Crippen LogP contribution in [0, 0.1) is 0 Å². The molecule has 1 atom stereocenters. The molecule has 2 aromatic carbocycles. The summed E-state index contributed by atoms with van der Waals surface area (Å²) in [6.45, 7) is 5.54. The molecule has 6 heteroatoms. The summed E-state index contributed by atoms with van der Waals surface area (Å²) in [7, 11) is 1.58. The third kappa shape index (κ3) is 3.83. The van der Waals surface area contributed by atoms with Crippen molar-refractivity contribution in [2.75, 3.05) is 20.3 Å². The van der Waals surface area contributed by atoms with Crippen LogP contribution in [0.2, 0.25) is 0 Å². The molecule has 6 nitrogen and oxygen atoms in total. The highest BCUT2D eigenvalue weighted by molar-refractivity contribution is 5.95. The van der Waals surface area contributed by atoms with E-state index in [1.807, 2.05) is 29.4 Å². The first-order chi connectivity index (χ1) is 14.2. The molecule has 0 aliphatic carbocycles. The number of amides is 1. The molecule has 150 valence electrons. The summed E-state index contributed by atoms with van der Waals surface area (Å²) in [6.07, 6.45) is 5.52. The highest BCUT2D eigenvalue weighted by Crippen LogP contribution is 2.30. The van der Waals surface area contributed by atoms with Crippen LogP contribution in [0.1, 0.15) is 23.2 Å². The van der Waals surface area contributed by atoms with E-state index in [0.29, 0.717) is 23.7 Å². The minimum Gasteiger partial charge on any atom is -0.493 e. The van der Waals surface area contributed by atoms with E-state index in [-0.39, 0.29) is 11.9 Å². The standard InChI is InChI=1S/C23H25N3O3/c1-3-13-29-21-11-10-17(14-22(21)28-2)23(27)26-12-6-7-18(26)15-25-16-24-19-8-4-5-9-20(19)25/h3-5,8-11,14,16,18H,1,6-7,12-13,15H2,2H3. The number of nitrogens with zero attached hydrogens (tertiary/aromatic N) is 3. The first-order valence-electron chi connectivity index (χ1n) is 9.84. The maximum Gasteiger partial charge on any atom is 0.254 e. The second-order valence-corrected chi connectivity index (χ2v) is 7.15. The highest BCUT2D eigenvalue weighted by Gasteiger charge is 2.30. The van der Waals surface area contributed by atoms with Crippen LogP contribution in [0.5, 0.6) is 11.5 Å². The molecule has 0 N–H and O–H groups in total. The van der Waals surface area contributed by atoms with Gasteiger partial charge in [-0.2, -0.15) is 0 Å². The third-order valence-corrected chi connectivity index (χ3v) is 5.34. The fraction of sp³-hybridized carbons (Fsp3) is 0.304. The lowest BCUT2D eigenvalue weighted by Gasteiger charge is -2.25. The summed E-state index contributed by atoms with van der Waals surface area (Å²) in [4.78, 5) is 19.7. The number of likely N-dealkylation sites (tertiary alicyclic amines) is 1. The van der Waals surface area contributed by atoms with Crippen LogP contribution >= 0.6 is 0 Å². The summed E-state index contributed by atoms with van der Waals surface area (Å²) < 4.78 is 13.1. The Hall–Kier alpha value is -3.28. The van der Waals surface area contributed by atoms with Crippen molar-refractivity contribution in [1.29, 1.82) is 0 Å². The van der Waals surface area contributed by atoms with Gasteiger partial charge in [-0.05, 0) is 43.2 Å². The number of carbonyl (C=O) groups excluding carboxylic acids is 1. The number of fused-ring (bicyclic) bond motifs is 1. The van der Waals surface area contributed by atoms with Crippen LogP contribution in [0.15, 0.2) is 61.4 Å². The predicted octanol–water partition coefficient (Wildman–Crippen LogP) is 3.91. The number of ether oxygens (including phenoxy) is 2. The molecular formula is C23H25N3O3. The highest BCUT2D eigenvalue weighted by atomic mass is 16.5. The second-order valence-electron chi connectivity index (χ2n) is 7.15. The van der Waals surface area contributed by atoms with Gasteiger partial charge in [-0.15, -0.1) is 0 Å². The molecule has 3 aromatic rings. The first-order valence-corrected chi connectivity index (χ1v) is 9.84. The Balaban J connectivity index is 1.54. The monoisotopic (exact) mass is 391 g/mol. The van der Waals surface area contributed by atoms with Gasteiger partial charge in [-0.3, -0.25) is 4.79 Å². The largest absolute Gasteiger partial charge is 0.493 e. The Morgan fingerprint density at radius 3 is 2.97 bits per heavy atom. The first kappa shape index (κ1) is 19.1. The van der Waals surface area contributed by atoms with E-state index in [9.17, 15) is 4.79 Å². The number of carbonyl (C=O) groups is 1. The van der Waals surface area contributed by atoms with Gasteiger partial charge in [-0.25, -0.2) is 4.98 Å². The molecule has 1 aromatic heterocycles. The average molecular weight is 391 g/mol. The molecule has 2 heterocycles. The van der Waals surface area contributed by atoms with Gasteiger partial charge in [0.1, 0.15) is 6.61 Å². The van der Waals surface area contributed by atoms with Crippen molar-refractivity contribution in [3.63, 3.8) is 0 Å². The van der Waals surface area contributed by atoms with Crippen molar-refractivity contribution >= 4 is 16.9 Å². The normalized spacial score (nSPS) is 16.2. The van der Waals surface area contributed by atoms with E-state index in [2.05, 4.69) is 22.2 Å². The number of methoxy groups -OCH3 is 1. The number of hydrogen-bond acceptors (Lipinski definition) is 4. The van der Waals surface area contributed by atoms with E-state index in [1.165, 1.54) is 0 Å². The van der Waals surface area contributed by atoms with Crippen molar-refractivity contribution in [2.24, 2.45) is 0 Å². The second kappa shape index (κ2) is 8.39. The lowest BCUT2D eigenvalue weighted by atomic mass is 10.1. The SMILES string of the molecule is C=CCOc1ccc(C(=O)N2CCCC2Cn2cnc3ccccc32)cc1OC. The summed E-state index contributed by atoms with van der Waals surface area (Å²) in [5, 5.41) is 0. The Labute approximate surface area is 170 Å². The maximum absolute atomic E-state index is 13.2. The van der Waals surface area contributed by atoms with Crippen molar-refractivity contribution in [3.8, 4) is 11.5 Å². The molecule has 1 unspecified atom stereocenters. The Morgan fingerprint density at radius 2 is 2.14 bits per heavy atom. The molecule has 1 fully saturated rings. The number of hydrogen-bond donors (Lipinski definition) is 0. The lowest BCUT2D eigenvalue weighted by Crippen LogP contribution is -2.38. The molecule has 1 saturated heterocycles. The zero-order valence-electron chi connectivity index (χ0n) is 16.6. The smallest absolute Gasteiger partial charge is 0.254 e. The zero-order chi connectivity index (χ0) is 20.2. The van der Waals surface area contributed by atoms with Crippen LogP contribution in [-0.2, 0) is 6.54 Å². The van der Waals surface area contributed by atoms with Crippen molar-refractivity contribution in [2.45, 2.75) is 25.4 Å². The van der Waals surface area contributed by atoms with Crippen molar-refractivity contribution in [3.05, 3.63) is 67.0 Å². The van der Waals surface area contributed by atoms with E-state index >= 15 is 0 Å². The Bertz CT molecular complexity index is 1030. The summed E-state index contributed by atoms with van der Waals surface area (Å²) in [5.41, 5.74) is 2.68. The lowest BCUT2D eigenvalue weighted by molar-refractivity contribution is 0.0724. The van der Waals surface area contributed by atoms with Gasteiger partial charge >= 0.3 is 0 Å². The number of imidazole rings is 1. The number of rotatable bonds is 7. The molecule has 29 heavy (non-hydrogen) atoms. The van der Waals surface area contributed by atoms with Gasteiger partial charge in [0.05, 0.1) is 30.5 Å². The van der Waals surface area contributed by atoms with E-state index in [0.717, 1.165) is 37.0 Å². The summed E-state index contributed by atoms with van der Waals surface area (Å²) in [6, 6.07) is 13.5. The molecule has 4 rings (SSSR count). The van der Waals surface area contributed by atoms with Gasteiger partial charge in [-0.1, -0.05) is 24.8 Å². The quantitative estimate of drug-likeness (QED) is 0.573. The molecule has 1 amide bonds. The van der Waals surface area contributed by atoms with E-state index in [1.54, 1.807) is 31.4 Å². The molecule has 1 aliphatic heterocycles. The van der Waals surface area contributed by atoms with Gasteiger partial charge in [0.2, 0.25) is 0 Å². The predicted molar refractivity (Wildman–Crippen MR) is 112 cm³/mol. The van der Waals surface area contributed by atoms with Crippen molar-refractivity contribution < 1.29 is 14.3 Å². The van der Waals surface area contributed by atoms with Gasteiger partial charge in [0, 0.05) is 18.7 Å². The molecule has 0 bridgehead atoms. The molecule has 1 aliphatic rings. The average Bonchev–Trinajstić information content (AvgIpc) is 3.39.